The lowest BCUT2D eigenvalue weighted by Crippen LogP contribution is -1.97. The average molecular weight is 177 g/mol. The molecule has 0 aliphatic rings. The highest BCUT2D eigenvalue weighted by molar-refractivity contribution is 5.61. The summed E-state index contributed by atoms with van der Waals surface area (Å²) in [6.07, 6.45) is 0. The summed E-state index contributed by atoms with van der Waals surface area (Å²) < 4.78 is 0. The second-order valence-corrected chi connectivity index (χ2v) is 2.60. The topological polar surface area (TPSA) is 93.0 Å². The van der Waals surface area contributed by atoms with Crippen LogP contribution in [0.4, 0.5) is 11.4 Å². The highest BCUT2D eigenvalue weighted by atomic mass is 16.6. The van der Waals surface area contributed by atoms with Crippen LogP contribution in [0.5, 0.6) is 0 Å². The Labute approximate surface area is 74.5 Å². The fraction of sp³-hybridized carbons (Fsp3) is 0.125. The van der Waals surface area contributed by atoms with Crippen LogP contribution < -0.4 is 5.73 Å². The highest BCUT2D eigenvalue weighted by Gasteiger charge is 2.17. The Kier molecular flexibility index (Phi) is 2.15. The fourth-order valence-electron chi connectivity index (χ4n) is 1.14. The lowest BCUT2D eigenvalue weighted by Gasteiger charge is -2.00. The third-order valence-electron chi connectivity index (χ3n) is 1.63. The maximum Gasteiger partial charge on any atom is 0.290 e. The quantitative estimate of drug-likeness (QED) is 0.398. The summed E-state index contributed by atoms with van der Waals surface area (Å²) >= 11 is 0. The van der Waals surface area contributed by atoms with Crippen molar-refractivity contribution in [3.8, 4) is 6.07 Å². The van der Waals surface area contributed by atoms with Crippen molar-refractivity contribution >= 4 is 11.4 Å². The lowest BCUT2D eigenvalue weighted by molar-refractivity contribution is -0.385. The SMILES string of the molecule is Cc1cc(N)cc(C#N)c1[N+](=O)[O-]. The number of aryl methyl sites for hydroxylation is 1. The maximum atomic E-state index is 10.5. The van der Waals surface area contributed by atoms with Gasteiger partial charge < -0.3 is 5.73 Å². The molecule has 0 fully saturated rings. The molecule has 0 bridgehead atoms. The molecule has 2 N–H and O–H groups in total. The van der Waals surface area contributed by atoms with Gasteiger partial charge >= 0.3 is 0 Å². The molecule has 1 aromatic rings. The second kappa shape index (κ2) is 3.11. The molecule has 66 valence electrons. The second-order valence-electron chi connectivity index (χ2n) is 2.60. The standard InChI is InChI=1S/C8H7N3O2/c1-5-2-7(10)3-6(4-9)8(5)11(12)13/h2-3H,10H2,1H3. The van der Waals surface area contributed by atoms with Gasteiger partial charge in [0.2, 0.25) is 0 Å². The predicted octanol–water partition coefficient (Wildman–Crippen LogP) is 1.36. The van der Waals surface area contributed by atoms with E-state index in [-0.39, 0.29) is 11.3 Å². The van der Waals surface area contributed by atoms with Gasteiger partial charge in [-0.2, -0.15) is 5.26 Å². The first-order valence-electron chi connectivity index (χ1n) is 3.51. The Hall–Kier alpha value is -2.09. The van der Waals surface area contributed by atoms with Crippen molar-refractivity contribution in [3.05, 3.63) is 33.4 Å². The van der Waals surface area contributed by atoms with E-state index < -0.39 is 4.92 Å². The molecule has 0 radical (unpaired) electrons. The van der Waals surface area contributed by atoms with Gasteiger partial charge in [-0.25, -0.2) is 0 Å². The Morgan fingerprint density at radius 3 is 2.69 bits per heavy atom. The van der Waals surface area contributed by atoms with Crippen LogP contribution in [0.25, 0.3) is 0 Å². The van der Waals surface area contributed by atoms with Gasteiger partial charge in [-0.3, -0.25) is 10.1 Å². The number of nitro groups is 1. The number of hydrogen-bond donors (Lipinski definition) is 1. The molecule has 1 rings (SSSR count). The largest absolute Gasteiger partial charge is 0.399 e. The van der Waals surface area contributed by atoms with Crippen molar-refractivity contribution in [2.45, 2.75) is 6.92 Å². The molecular formula is C8H7N3O2. The number of nitrogens with zero attached hydrogens (tertiary/aromatic N) is 2. The van der Waals surface area contributed by atoms with Crippen LogP contribution in [-0.4, -0.2) is 4.92 Å². The van der Waals surface area contributed by atoms with Crippen molar-refractivity contribution in [1.29, 1.82) is 5.26 Å². The molecule has 0 amide bonds. The smallest absolute Gasteiger partial charge is 0.290 e. The van der Waals surface area contributed by atoms with Crippen molar-refractivity contribution in [1.82, 2.24) is 0 Å². The van der Waals surface area contributed by atoms with Crippen LogP contribution in [0, 0.1) is 28.4 Å². The van der Waals surface area contributed by atoms with E-state index >= 15 is 0 Å². The maximum absolute atomic E-state index is 10.5. The molecule has 0 saturated carbocycles. The fourth-order valence-corrected chi connectivity index (χ4v) is 1.14. The van der Waals surface area contributed by atoms with Crippen LogP contribution >= 0.6 is 0 Å². The molecule has 13 heavy (non-hydrogen) atoms. The zero-order valence-corrected chi connectivity index (χ0v) is 6.94. The molecule has 0 atom stereocenters. The van der Waals surface area contributed by atoms with E-state index in [0.717, 1.165) is 0 Å². The van der Waals surface area contributed by atoms with E-state index in [4.69, 9.17) is 11.0 Å². The van der Waals surface area contributed by atoms with Gasteiger partial charge in [0.15, 0.2) is 0 Å². The Morgan fingerprint density at radius 1 is 1.62 bits per heavy atom. The van der Waals surface area contributed by atoms with Crippen LogP contribution in [0.3, 0.4) is 0 Å². The molecule has 0 spiro atoms. The first-order valence-corrected chi connectivity index (χ1v) is 3.51. The third-order valence-corrected chi connectivity index (χ3v) is 1.63. The van der Waals surface area contributed by atoms with Crippen LogP contribution in [0.1, 0.15) is 11.1 Å². The minimum absolute atomic E-state index is 0.00231. The average Bonchev–Trinajstić information content (AvgIpc) is 2.01. The first kappa shape index (κ1) is 9.00. The number of anilines is 1. The summed E-state index contributed by atoms with van der Waals surface area (Å²) in [6, 6.07) is 4.50. The van der Waals surface area contributed by atoms with Crippen molar-refractivity contribution in [2.75, 3.05) is 5.73 Å². The number of rotatable bonds is 1. The minimum atomic E-state index is -0.576. The summed E-state index contributed by atoms with van der Waals surface area (Å²) in [5.41, 5.74) is 6.03. The third kappa shape index (κ3) is 1.56. The van der Waals surface area contributed by atoms with Gasteiger partial charge in [-0.1, -0.05) is 0 Å². The van der Waals surface area contributed by atoms with E-state index in [0.29, 0.717) is 11.3 Å². The summed E-state index contributed by atoms with van der Waals surface area (Å²) in [6.45, 7) is 1.55. The molecule has 0 unspecified atom stereocenters. The van der Waals surface area contributed by atoms with E-state index in [9.17, 15) is 10.1 Å². The molecule has 0 saturated heterocycles. The van der Waals surface area contributed by atoms with Crippen LogP contribution in [0.15, 0.2) is 12.1 Å². The number of benzene rings is 1. The van der Waals surface area contributed by atoms with E-state index in [1.165, 1.54) is 12.1 Å². The number of nitriles is 1. The van der Waals surface area contributed by atoms with Gasteiger partial charge in [-0.15, -0.1) is 0 Å². The predicted molar refractivity (Wildman–Crippen MR) is 47.0 cm³/mol. The van der Waals surface area contributed by atoms with Crippen LogP contribution in [-0.2, 0) is 0 Å². The zero-order chi connectivity index (χ0) is 10.0. The van der Waals surface area contributed by atoms with Gasteiger partial charge in [0.05, 0.1) is 4.92 Å². The Morgan fingerprint density at radius 2 is 2.23 bits per heavy atom. The van der Waals surface area contributed by atoms with E-state index in [1.54, 1.807) is 13.0 Å². The van der Waals surface area contributed by atoms with Crippen molar-refractivity contribution in [3.63, 3.8) is 0 Å². The monoisotopic (exact) mass is 177 g/mol. The molecule has 0 aromatic heterocycles. The zero-order valence-electron chi connectivity index (χ0n) is 6.94. The number of nitro benzene ring substituents is 1. The minimum Gasteiger partial charge on any atom is -0.399 e. The number of hydrogen-bond acceptors (Lipinski definition) is 4. The normalized spacial score (nSPS) is 9.23. The van der Waals surface area contributed by atoms with E-state index in [1.807, 2.05) is 0 Å². The summed E-state index contributed by atoms with van der Waals surface area (Å²) in [5, 5.41) is 19.1. The highest BCUT2D eigenvalue weighted by Crippen LogP contribution is 2.25. The van der Waals surface area contributed by atoms with Gasteiger partial charge in [0.1, 0.15) is 11.6 Å². The van der Waals surface area contributed by atoms with Crippen molar-refractivity contribution in [2.24, 2.45) is 0 Å². The summed E-state index contributed by atoms with van der Waals surface area (Å²) in [5.74, 6) is 0. The molecule has 0 heterocycles. The molecule has 5 nitrogen and oxygen atoms in total. The Bertz CT molecular complexity index is 407. The van der Waals surface area contributed by atoms with Crippen molar-refractivity contribution < 1.29 is 4.92 Å². The van der Waals surface area contributed by atoms with E-state index in [2.05, 4.69) is 0 Å². The molecule has 0 aliphatic carbocycles. The number of nitrogen functional groups attached to an aromatic ring is 1. The number of nitrogens with two attached hydrogens (primary N) is 1. The molecule has 1 aromatic carbocycles. The molecular weight excluding hydrogens is 170 g/mol. The van der Waals surface area contributed by atoms with Gasteiger partial charge in [-0.05, 0) is 19.1 Å². The van der Waals surface area contributed by atoms with Gasteiger partial charge in [0.25, 0.3) is 5.69 Å². The molecule has 5 heteroatoms. The first-order chi connectivity index (χ1) is 6.06. The molecule has 0 aliphatic heterocycles. The Balaban J connectivity index is 3.50. The summed E-state index contributed by atoms with van der Waals surface area (Å²) in [4.78, 5) is 9.95. The van der Waals surface area contributed by atoms with Crippen LogP contribution in [0.2, 0.25) is 0 Å². The van der Waals surface area contributed by atoms with Gasteiger partial charge in [0, 0.05) is 11.3 Å². The lowest BCUT2D eigenvalue weighted by atomic mass is 10.1. The summed E-state index contributed by atoms with van der Waals surface area (Å²) in [7, 11) is 0.